The minimum atomic E-state index is -0.715. The lowest BCUT2D eigenvalue weighted by Gasteiger charge is -2.18. The third-order valence-corrected chi connectivity index (χ3v) is 6.49. The van der Waals surface area contributed by atoms with Crippen LogP contribution in [0.25, 0.3) is 0 Å². The third-order valence-electron chi connectivity index (χ3n) is 6.49. The molecule has 0 bridgehead atoms. The molecule has 0 amide bonds. The summed E-state index contributed by atoms with van der Waals surface area (Å²) in [6.45, 7) is 4.46. The molecule has 0 aliphatic heterocycles. The lowest BCUT2D eigenvalue weighted by atomic mass is 10.0. The first kappa shape index (κ1) is 32.7. The SMILES string of the molecule is CCCCCC/C=C\CCCCCCCC(=O)OC(CCCCCC)CCCCCCC(=O)O. The van der Waals surface area contributed by atoms with E-state index in [-0.39, 0.29) is 18.5 Å². The standard InChI is InChI=1S/C30H56O4/c1-3-5-7-9-10-11-12-13-14-15-16-17-23-27-30(33)34-28(24-20-8-6-4-2)25-21-18-19-22-26-29(31)32/h11-12,28H,3-10,13-27H2,1-2H3,(H,31,32)/b12-11-. The van der Waals surface area contributed by atoms with Crippen LogP contribution in [0.2, 0.25) is 0 Å². The second kappa shape index (κ2) is 26.3. The van der Waals surface area contributed by atoms with E-state index in [0.717, 1.165) is 57.8 Å². The smallest absolute Gasteiger partial charge is 0.306 e. The highest BCUT2D eigenvalue weighted by atomic mass is 16.5. The molecule has 0 aliphatic carbocycles. The van der Waals surface area contributed by atoms with E-state index in [2.05, 4.69) is 26.0 Å². The maximum atomic E-state index is 12.4. The number of unbranched alkanes of at least 4 members (excludes halogenated alkanes) is 15. The highest BCUT2D eigenvalue weighted by molar-refractivity contribution is 5.69. The van der Waals surface area contributed by atoms with Crippen molar-refractivity contribution in [3.05, 3.63) is 12.2 Å². The zero-order valence-corrected chi connectivity index (χ0v) is 22.7. The topological polar surface area (TPSA) is 63.6 Å². The van der Waals surface area contributed by atoms with E-state index in [1.165, 1.54) is 77.0 Å². The molecule has 0 aromatic rings. The number of esters is 1. The summed E-state index contributed by atoms with van der Waals surface area (Å²) >= 11 is 0. The van der Waals surface area contributed by atoms with Gasteiger partial charge in [-0.1, -0.05) is 96.6 Å². The Hall–Kier alpha value is -1.32. The number of allylic oxidation sites excluding steroid dienone is 2. The molecule has 0 saturated heterocycles. The van der Waals surface area contributed by atoms with Gasteiger partial charge in [-0.25, -0.2) is 0 Å². The van der Waals surface area contributed by atoms with Crippen molar-refractivity contribution < 1.29 is 19.4 Å². The van der Waals surface area contributed by atoms with Gasteiger partial charge in [0.1, 0.15) is 6.10 Å². The molecule has 0 spiro atoms. The van der Waals surface area contributed by atoms with Crippen LogP contribution in [-0.4, -0.2) is 23.1 Å². The average molecular weight is 481 g/mol. The van der Waals surface area contributed by atoms with E-state index >= 15 is 0 Å². The molecule has 0 aromatic heterocycles. The maximum absolute atomic E-state index is 12.4. The molecular formula is C30H56O4. The zero-order valence-electron chi connectivity index (χ0n) is 22.7. The van der Waals surface area contributed by atoms with Crippen molar-refractivity contribution in [1.82, 2.24) is 0 Å². The van der Waals surface area contributed by atoms with Crippen LogP contribution in [0.3, 0.4) is 0 Å². The van der Waals surface area contributed by atoms with Gasteiger partial charge in [-0.05, 0) is 64.2 Å². The summed E-state index contributed by atoms with van der Waals surface area (Å²) < 4.78 is 5.84. The van der Waals surface area contributed by atoms with Gasteiger partial charge in [0.05, 0.1) is 0 Å². The normalized spacial score (nSPS) is 12.3. The summed E-state index contributed by atoms with van der Waals surface area (Å²) in [4.78, 5) is 23.0. The lowest BCUT2D eigenvalue weighted by Crippen LogP contribution is -2.18. The second-order valence-corrected chi connectivity index (χ2v) is 9.94. The predicted molar refractivity (Wildman–Crippen MR) is 144 cm³/mol. The Morgan fingerprint density at radius 1 is 0.618 bits per heavy atom. The summed E-state index contributed by atoms with van der Waals surface area (Å²) in [6.07, 6.45) is 29.4. The molecule has 0 aromatic carbocycles. The first-order valence-electron chi connectivity index (χ1n) is 14.7. The number of hydrogen-bond acceptors (Lipinski definition) is 3. The number of aliphatic carboxylic acids is 1. The molecule has 1 atom stereocenters. The van der Waals surface area contributed by atoms with Crippen LogP contribution in [0.5, 0.6) is 0 Å². The Morgan fingerprint density at radius 3 is 1.62 bits per heavy atom. The minimum absolute atomic E-state index is 0.0302. The fourth-order valence-corrected chi connectivity index (χ4v) is 4.29. The van der Waals surface area contributed by atoms with E-state index < -0.39 is 5.97 Å². The lowest BCUT2D eigenvalue weighted by molar-refractivity contribution is -0.150. The highest BCUT2D eigenvalue weighted by Crippen LogP contribution is 2.17. The van der Waals surface area contributed by atoms with Gasteiger partial charge in [0, 0.05) is 12.8 Å². The summed E-state index contributed by atoms with van der Waals surface area (Å²) in [7, 11) is 0. The summed E-state index contributed by atoms with van der Waals surface area (Å²) in [5.74, 6) is -0.745. The Kier molecular flexibility index (Phi) is 25.3. The van der Waals surface area contributed by atoms with Crippen LogP contribution in [0.4, 0.5) is 0 Å². The quantitative estimate of drug-likeness (QED) is 0.0760. The monoisotopic (exact) mass is 480 g/mol. The third kappa shape index (κ3) is 25.3. The van der Waals surface area contributed by atoms with Crippen molar-refractivity contribution in [2.75, 3.05) is 0 Å². The number of rotatable bonds is 26. The molecule has 0 aliphatic rings. The first-order valence-corrected chi connectivity index (χ1v) is 14.7. The van der Waals surface area contributed by atoms with Crippen molar-refractivity contribution in [2.24, 2.45) is 0 Å². The summed E-state index contributed by atoms with van der Waals surface area (Å²) in [5.41, 5.74) is 0. The van der Waals surface area contributed by atoms with E-state index in [4.69, 9.17) is 9.84 Å². The fourth-order valence-electron chi connectivity index (χ4n) is 4.29. The summed E-state index contributed by atoms with van der Waals surface area (Å²) in [5, 5.41) is 8.73. The number of hydrogen-bond donors (Lipinski definition) is 1. The van der Waals surface area contributed by atoms with Crippen molar-refractivity contribution >= 4 is 11.9 Å². The average Bonchev–Trinajstić information content (AvgIpc) is 2.81. The molecule has 0 rings (SSSR count). The van der Waals surface area contributed by atoms with Gasteiger partial charge in [-0.15, -0.1) is 0 Å². The maximum Gasteiger partial charge on any atom is 0.306 e. The Labute approximate surface area is 211 Å². The fraction of sp³-hybridized carbons (Fsp3) is 0.867. The van der Waals surface area contributed by atoms with E-state index in [1.807, 2.05) is 0 Å². The number of carboxylic acid groups (broad SMARTS) is 1. The number of carboxylic acids is 1. The van der Waals surface area contributed by atoms with Gasteiger partial charge >= 0.3 is 11.9 Å². The first-order chi connectivity index (χ1) is 16.6. The minimum Gasteiger partial charge on any atom is -0.481 e. The van der Waals surface area contributed by atoms with Crippen LogP contribution in [0, 0.1) is 0 Å². The van der Waals surface area contributed by atoms with Gasteiger partial charge < -0.3 is 9.84 Å². The van der Waals surface area contributed by atoms with E-state index in [0.29, 0.717) is 6.42 Å². The number of ether oxygens (including phenoxy) is 1. The van der Waals surface area contributed by atoms with Crippen molar-refractivity contribution in [2.45, 2.75) is 168 Å². The van der Waals surface area contributed by atoms with Crippen LogP contribution >= 0.6 is 0 Å². The molecule has 1 N–H and O–H groups in total. The Bertz CT molecular complexity index is 486. The Morgan fingerprint density at radius 2 is 1.06 bits per heavy atom. The van der Waals surface area contributed by atoms with Gasteiger partial charge in [0.15, 0.2) is 0 Å². The molecule has 34 heavy (non-hydrogen) atoms. The molecule has 0 saturated carbocycles. The van der Waals surface area contributed by atoms with Gasteiger partial charge in [-0.2, -0.15) is 0 Å². The molecule has 0 radical (unpaired) electrons. The molecule has 200 valence electrons. The second-order valence-electron chi connectivity index (χ2n) is 9.94. The van der Waals surface area contributed by atoms with Crippen LogP contribution in [0.1, 0.15) is 162 Å². The molecule has 0 fully saturated rings. The molecular weight excluding hydrogens is 424 g/mol. The molecule has 0 heterocycles. The number of carbonyl (C=O) groups is 2. The summed E-state index contributed by atoms with van der Waals surface area (Å²) in [6, 6.07) is 0. The highest BCUT2D eigenvalue weighted by Gasteiger charge is 2.14. The predicted octanol–water partition coefficient (Wildman–Crippen LogP) is 9.55. The van der Waals surface area contributed by atoms with Gasteiger partial charge in [-0.3, -0.25) is 9.59 Å². The van der Waals surface area contributed by atoms with Gasteiger partial charge in [0.2, 0.25) is 0 Å². The van der Waals surface area contributed by atoms with Crippen LogP contribution in [-0.2, 0) is 14.3 Å². The van der Waals surface area contributed by atoms with E-state index in [9.17, 15) is 9.59 Å². The Balaban J connectivity index is 3.86. The van der Waals surface area contributed by atoms with Crippen LogP contribution in [0.15, 0.2) is 12.2 Å². The largest absolute Gasteiger partial charge is 0.481 e. The molecule has 4 nitrogen and oxygen atoms in total. The van der Waals surface area contributed by atoms with Crippen molar-refractivity contribution in [1.29, 1.82) is 0 Å². The molecule has 1 unspecified atom stereocenters. The molecule has 4 heteroatoms. The van der Waals surface area contributed by atoms with Crippen LogP contribution < -0.4 is 0 Å². The van der Waals surface area contributed by atoms with Gasteiger partial charge in [0.25, 0.3) is 0 Å². The number of carbonyl (C=O) groups excluding carboxylic acids is 1. The van der Waals surface area contributed by atoms with E-state index in [1.54, 1.807) is 0 Å². The van der Waals surface area contributed by atoms with Crippen molar-refractivity contribution in [3.8, 4) is 0 Å². The van der Waals surface area contributed by atoms with Crippen molar-refractivity contribution in [3.63, 3.8) is 0 Å². The zero-order chi connectivity index (χ0) is 25.1.